The molecule has 1 aromatic rings. The van der Waals surface area contributed by atoms with Gasteiger partial charge in [0.15, 0.2) is 0 Å². The summed E-state index contributed by atoms with van der Waals surface area (Å²) in [6.45, 7) is 1.98. The Hall–Kier alpha value is -2.08. The highest BCUT2D eigenvalue weighted by Crippen LogP contribution is 2.20. The van der Waals surface area contributed by atoms with E-state index in [2.05, 4.69) is 10.6 Å². The van der Waals surface area contributed by atoms with Crippen LogP contribution in [0.4, 0.5) is 16.2 Å². The van der Waals surface area contributed by atoms with Crippen molar-refractivity contribution in [2.45, 2.75) is 18.9 Å². The van der Waals surface area contributed by atoms with Crippen LogP contribution in [-0.2, 0) is 9.53 Å². The molecule has 20 heavy (non-hydrogen) atoms. The number of urea groups is 1. The molecule has 2 saturated heterocycles. The van der Waals surface area contributed by atoms with Crippen LogP contribution in [0.25, 0.3) is 0 Å². The molecule has 2 aliphatic heterocycles. The minimum Gasteiger partial charge on any atom is -0.368 e. The van der Waals surface area contributed by atoms with Crippen LogP contribution in [0.5, 0.6) is 0 Å². The van der Waals surface area contributed by atoms with Crippen molar-refractivity contribution in [3.63, 3.8) is 0 Å². The van der Waals surface area contributed by atoms with Crippen LogP contribution in [0.1, 0.15) is 12.8 Å². The molecule has 0 radical (unpaired) electrons. The highest BCUT2D eigenvalue weighted by Gasteiger charge is 2.24. The predicted octanol–water partition coefficient (Wildman–Crippen LogP) is 1.33. The Bertz CT molecular complexity index is 509. The standard InChI is InChI=1S/C14H17N3O3/c18-13(12-2-1-9-20-12)16-10-3-5-11(6-4-10)17-8-7-15-14(17)19/h3-6,12H,1-2,7-9H2,(H,15,19)(H,16,18)/t12-/m0/s1. The fourth-order valence-electron chi connectivity index (χ4n) is 2.45. The summed E-state index contributed by atoms with van der Waals surface area (Å²) in [6, 6.07) is 7.18. The molecule has 0 saturated carbocycles. The lowest BCUT2D eigenvalue weighted by Crippen LogP contribution is -2.28. The fraction of sp³-hybridized carbons (Fsp3) is 0.429. The molecule has 3 rings (SSSR count). The van der Waals surface area contributed by atoms with Crippen LogP contribution in [0.3, 0.4) is 0 Å². The molecule has 6 nitrogen and oxygen atoms in total. The second-order valence-corrected chi connectivity index (χ2v) is 4.92. The van der Waals surface area contributed by atoms with Crippen molar-refractivity contribution in [1.29, 1.82) is 0 Å². The number of hydrogen-bond donors (Lipinski definition) is 2. The van der Waals surface area contributed by atoms with Gasteiger partial charge in [-0.3, -0.25) is 9.69 Å². The summed E-state index contributed by atoms with van der Waals surface area (Å²) in [6.07, 6.45) is 1.37. The van der Waals surface area contributed by atoms with Crippen molar-refractivity contribution < 1.29 is 14.3 Å². The molecule has 0 unspecified atom stereocenters. The first-order chi connectivity index (χ1) is 9.74. The zero-order valence-corrected chi connectivity index (χ0v) is 11.1. The number of benzene rings is 1. The molecule has 0 spiro atoms. The molecule has 2 aliphatic rings. The third-order valence-electron chi connectivity index (χ3n) is 3.53. The number of rotatable bonds is 3. The maximum atomic E-state index is 11.9. The normalized spacial score (nSPS) is 21.9. The number of ether oxygens (including phenoxy) is 1. The fourth-order valence-corrected chi connectivity index (χ4v) is 2.45. The van der Waals surface area contributed by atoms with Gasteiger partial charge in [-0.25, -0.2) is 4.79 Å². The topological polar surface area (TPSA) is 70.7 Å². The summed E-state index contributed by atoms with van der Waals surface area (Å²) < 4.78 is 5.33. The van der Waals surface area contributed by atoms with Gasteiger partial charge in [-0.15, -0.1) is 0 Å². The lowest BCUT2D eigenvalue weighted by atomic mass is 10.2. The molecule has 3 amide bonds. The van der Waals surface area contributed by atoms with Crippen molar-refractivity contribution >= 4 is 23.3 Å². The first-order valence-electron chi connectivity index (χ1n) is 6.82. The maximum absolute atomic E-state index is 11.9. The van der Waals surface area contributed by atoms with Gasteiger partial charge in [-0.2, -0.15) is 0 Å². The monoisotopic (exact) mass is 275 g/mol. The summed E-state index contributed by atoms with van der Waals surface area (Å²) in [5.41, 5.74) is 1.55. The minimum absolute atomic E-state index is 0.0823. The maximum Gasteiger partial charge on any atom is 0.321 e. The van der Waals surface area contributed by atoms with Gasteiger partial charge in [-0.1, -0.05) is 0 Å². The summed E-state index contributed by atoms with van der Waals surface area (Å²) in [5, 5.41) is 5.58. The van der Waals surface area contributed by atoms with Gasteiger partial charge in [0.05, 0.1) is 0 Å². The molecular weight excluding hydrogens is 258 g/mol. The third kappa shape index (κ3) is 2.60. The van der Waals surface area contributed by atoms with Gasteiger partial charge in [0.2, 0.25) is 0 Å². The van der Waals surface area contributed by atoms with E-state index in [4.69, 9.17) is 4.74 Å². The van der Waals surface area contributed by atoms with Gasteiger partial charge in [0, 0.05) is 31.1 Å². The van der Waals surface area contributed by atoms with E-state index in [-0.39, 0.29) is 18.0 Å². The highest BCUT2D eigenvalue weighted by molar-refractivity contribution is 5.96. The molecule has 106 valence electrons. The Labute approximate surface area is 117 Å². The van der Waals surface area contributed by atoms with E-state index in [1.807, 2.05) is 12.1 Å². The second kappa shape index (κ2) is 5.50. The van der Waals surface area contributed by atoms with E-state index in [1.165, 1.54) is 0 Å². The minimum atomic E-state index is -0.334. The van der Waals surface area contributed by atoms with Gasteiger partial charge in [-0.05, 0) is 37.1 Å². The molecule has 0 bridgehead atoms. The number of amides is 3. The molecule has 6 heteroatoms. The molecular formula is C14H17N3O3. The van der Waals surface area contributed by atoms with Crippen molar-refractivity contribution in [2.75, 3.05) is 29.9 Å². The zero-order chi connectivity index (χ0) is 13.9. The smallest absolute Gasteiger partial charge is 0.321 e. The average Bonchev–Trinajstić information content (AvgIpc) is 3.11. The number of hydrogen-bond acceptors (Lipinski definition) is 3. The molecule has 2 fully saturated rings. The lowest BCUT2D eigenvalue weighted by molar-refractivity contribution is -0.124. The average molecular weight is 275 g/mol. The van der Waals surface area contributed by atoms with Crippen molar-refractivity contribution in [3.05, 3.63) is 24.3 Å². The Morgan fingerprint density at radius 1 is 1.35 bits per heavy atom. The van der Waals surface area contributed by atoms with Crippen LogP contribution >= 0.6 is 0 Å². The number of nitrogens with one attached hydrogen (secondary N) is 2. The third-order valence-corrected chi connectivity index (χ3v) is 3.53. The molecule has 2 heterocycles. The summed E-state index contributed by atoms with van der Waals surface area (Å²) in [5.74, 6) is -0.103. The molecule has 2 N–H and O–H groups in total. The lowest BCUT2D eigenvalue weighted by Gasteiger charge is -2.15. The van der Waals surface area contributed by atoms with Crippen molar-refractivity contribution in [1.82, 2.24) is 5.32 Å². The molecule has 0 aliphatic carbocycles. The van der Waals surface area contributed by atoms with E-state index in [0.29, 0.717) is 25.4 Å². The van der Waals surface area contributed by atoms with E-state index >= 15 is 0 Å². The summed E-state index contributed by atoms with van der Waals surface area (Å²) in [7, 11) is 0. The Morgan fingerprint density at radius 3 is 2.75 bits per heavy atom. The Morgan fingerprint density at radius 2 is 2.15 bits per heavy atom. The second-order valence-electron chi connectivity index (χ2n) is 4.92. The van der Waals surface area contributed by atoms with Gasteiger partial charge in [0.25, 0.3) is 5.91 Å². The van der Waals surface area contributed by atoms with E-state index in [9.17, 15) is 9.59 Å². The first-order valence-corrected chi connectivity index (χ1v) is 6.82. The van der Waals surface area contributed by atoms with Gasteiger partial charge >= 0.3 is 6.03 Å². The van der Waals surface area contributed by atoms with Crippen LogP contribution in [0, 0.1) is 0 Å². The van der Waals surface area contributed by atoms with Gasteiger partial charge in [0.1, 0.15) is 6.10 Å². The quantitative estimate of drug-likeness (QED) is 0.874. The summed E-state index contributed by atoms with van der Waals surface area (Å²) >= 11 is 0. The largest absolute Gasteiger partial charge is 0.368 e. The summed E-state index contributed by atoms with van der Waals surface area (Å²) in [4.78, 5) is 25.1. The Balaban J connectivity index is 1.63. The van der Waals surface area contributed by atoms with Gasteiger partial charge < -0.3 is 15.4 Å². The molecule has 0 aromatic heterocycles. The van der Waals surface area contributed by atoms with E-state index < -0.39 is 0 Å². The first kappa shape index (κ1) is 12.9. The number of carbonyl (C=O) groups excluding carboxylic acids is 2. The van der Waals surface area contributed by atoms with Crippen LogP contribution in [0.2, 0.25) is 0 Å². The predicted molar refractivity (Wildman–Crippen MR) is 74.8 cm³/mol. The number of anilines is 2. The SMILES string of the molecule is O=C(Nc1ccc(N2CCNC2=O)cc1)[C@@H]1CCCO1. The van der Waals surface area contributed by atoms with Crippen LogP contribution in [-0.4, -0.2) is 37.7 Å². The highest BCUT2D eigenvalue weighted by atomic mass is 16.5. The number of nitrogens with zero attached hydrogens (tertiary/aromatic N) is 1. The zero-order valence-electron chi connectivity index (χ0n) is 11.1. The number of carbonyl (C=O) groups is 2. The van der Waals surface area contributed by atoms with E-state index in [0.717, 1.165) is 18.5 Å². The van der Waals surface area contributed by atoms with Crippen molar-refractivity contribution in [3.8, 4) is 0 Å². The van der Waals surface area contributed by atoms with E-state index in [1.54, 1.807) is 17.0 Å². The molecule has 1 atom stereocenters. The molecule has 1 aromatic carbocycles. The van der Waals surface area contributed by atoms with Crippen LogP contribution < -0.4 is 15.5 Å². The van der Waals surface area contributed by atoms with Crippen molar-refractivity contribution in [2.24, 2.45) is 0 Å². The van der Waals surface area contributed by atoms with Crippen LogP contribution in [0.15, 0.2) is 24.3 Å². The Kier molecular flexibility index (Phi) is 3.56.